The lowest BCUT2D eigenvalue weighted by Gasteiger charge is -2.14. The van der Waals surface area contributed by atoms with E-state index >= 15 is 0 Å². The highest BCUT2D eigenvalue weighted by Crippen LogP contribution is 1.91. The number of hydrogen-bond acceptors (Lipinski definition) is 5. The SMILES string of the molecule is O=C(NCCO)C(O)C(O)CO. The van der Waals surface area contributed by atoms with Crippen molar-refractivity contribution in [1.82, 2.24) is 5.32 Å². The summed E-state index contributed by atoms with van der Waals surface area (Å²) in [6.45, 7) is -0.921. The molecule has 0 heterocycles. The van der Waals surface area contributed by atoms with E-state index in [1.54, 1.807) is 0 Å². The van der Waals surface area contributed by atoms with Gasteiger partial charge in [0.05, 0.1) is 13.2 Å². The van der Waals surface area contributed by atoms with Crippen molar-refractivity contribution < 1.29 is 25.2 Å². The van der Waals surface area contributed by atoms with E-state index < -0.39 is 24.7 Å². The molecule has 0 aliphatic heterocycles. The van der Waals surface area contributed by atoms with Gasteiger partial charge in [0.1, 0.15) is 6.10 Å². The third-order valence-electron chi connectivity index (χ3n) is 1.23. The van der Waals surface area contributed by atoms with Gasteiger partial charge in [0.15, 0.2) is 6.10 Å². The summed E-state index contributed by atoms with van der Waals surface area (Å²) in [4.78, 5) is 10.8. The summed E-state index contributed by atoms with van der Waals surface area (Å²) in [5, 5.41) is 36.4. The molecule has 72 valence electrons. The minimum Gasteiger partial charge on any atom is -0.395 e. The Kier molecular flexibility index (Phi) is 5.56. The molecule has 12 heavy (non-hydrogen) atoms. The van der Waals surface area contributed by atoms with Crippen molar-refractivity contribution in [3.63, 3.8) is 0 Å². The quantitative estimate of drug-likeness (QED) is 0.305. The van der Waals surface area contributed by atoms with E-state index in [4.69, 9.17) is 20.4 Å². The number of rotatable bonds is 5. The van der Waals surface area contributed by atoms with Gasteiger partial charge in [0, 0.05) is 6.54 Å². The van der Waals surface area contributed by atoms with Crippen LogP contribution >= 0.6 is 0 Å². The van der Waals surface area contributed by atoms with Gasteiger partial charge in [0.2, 0.25) is 0 Å². The number of carbonyl (C=O) groups is 1. The van der Waals surface area contributed by atoms with Crippen LogP contribution in [0.15, 0.2) is 0 Å². The number of nitrogens with one attached hydrogen (secondary N) is 1. The molecule has 6 nitrogen and oxygen atoms in total. The van der Waals surface area contributed by atoms with E-state index in [1.807, 2.05) is 0 Å². The molecule has 2 atom stereocenters. The maximum Gasteiger partial charge on any atom is 0.251 e. The molecule has 2 unspecified atom stereocenters. The van der Waals surface area contributed by atoms with E-state index in [9.17, 15) is 4.79 Å². The second-order valence-corrected chi connectivity index (χ2v) is 2.21. The molecule has 1 amide bonds. The highest BCUT2D eigenvalue weighted by Gasteiger charge is 2.22. The number of aliphatic hydroxyl groups excluding tert-OH is 4. The van der Waals surface area contributed by atoms with Gasteiger partial charge >= 0.3 is 0 Å². The first-order valence-electron chi connectivity index (χ1n) is 3.49. The highest BCUT2D eigenvalue weighted by molar-refractivity contribution is 5.81. The normalized spacial score (nSPS) is 15.3. The molecule has 0 rings (SSSR count). The van der Waals surface area contributed by atoms with Crippen LogP contribution in [0, 0.1) is 0 Å². The fourth-order valence-electron chi connectivity index (χ4n) is 0.558. The van der Waals surface area contributed by atoms with E-state index in [2.05, 4.69) is 5.32 Å². The maximum absolute atomic E-state index is 10.8. The highest BCUT2D eigenvalue weighted by atomic mass is 16.4. The predicted octanol–water partition coefficient (Wildman–Crippen LogP) is -3.19. The first kappa shape index (κ1) is 11.3. The third kappa shape index (κ3) is 3.63. The van der Waals surface area contributed by atoms with Gasteiger partial charge in [-0.2, -0.15) is 0 Å². The summed E-state index contributed by atoms with van der Waals surface area (Å²) in [6, 6.07) is 0. The largest absolute Gasteiger partial charge is 0.395 e. The molecule has 5 N–H and O–H groups in total. The van der Waals surface area contributed by atoms with Crippen LogP contribution in [-0.2, 0) is 4.79 Å². The van der Waals surface area contributed by atoms with Crippen LogP contribution in [0.5, 0.6) is 0 Å². The van der Waals surface area contributed by atoms with Crippen molar-refractivity contribution in [3.05, 3.63) is 0 Å². The summed E-state index contributed by atoms with van der Waals surface area (Å²) in [7, 11) is 0. The first-order valence-corrected chi connectivity index (χ1v) is 3.49. The van der Waals surface area contributed by atoms with Crippen LogP contribution < -0.4 is 5.32 Å². The number of carbonyl (C=O) groups excluding carboxylic acids is 1. The zero-order valence-corrected chi connectivity index (χ0v) is 6.47. The Hall–Kier alpha value is -0.690. The van der Waals surface area contributed by atoms with E-state index in [0.29, 0.717) is 0 Å². The van der Waals surface area contributed by atoms with E-state index in [1.165, 1.54) is 0 Å². The minimum atomic E-state index is -1.65. The summed E-state index contributed by atoms with van der Waals surface area (Å²) >= 11 is 0. The van der Waals surface area contributed by atoms with Crippen LogP contribution in [0.4, 0.5) is 0 Å². The Labute approximate surface area is 69.5 Å². The second kappa shape index (κ2) is 5.90. The van der Waals surface area contributed by atoms with Crippen molar-refractivity contribution in [2.24, 2.45) is 0 Å². The van der Waals surface area contributed by atoms with Gasteiger partial charge in [-0.25, -0.2) is 0 Å². The number of hydrogen-bond donors (Lipinski definition) is 5. The van der Waals surface area contributed by atoms with Crippen molar-refractivity contribution in [1.29, 1.82) is 0 Å². The van der Waals surface area contributed by atoms with Crippen LogP contribution in [0.1, 0.15) is 0 Å². The fraction of sp³-hybridized carbons (Fsp3) is 0.833. The van der Waals surface area contributed by atoms with Crippen LogP contribution in [0.25, 0.3) is 0 Å². The van der Waals surface area contributed by atoms with Gasteiger partial charge in [-0.3, -0.25) is 4.79 Å². The summed E-state index contributed by atoms with van der Waals surface area (Å²) in [6.07, 6.45) is -3.13. The van der Waals surface area contributed by atoms with Gasteiger partial charge < -0.3 is 25.7 Å². The Morgan fingerprint density at radius 1 is 1.33 bits per heavy atom. The molecule has 0 bridgehead atoms. The van der Waals surface area contributed by atoms with Crippen molar-refractivity contribution in [2.45, 2.75) is 12.2 Å². The lowest BCUT2D eigenvalue weighted by Crippen LogP contribution is -2.44. The van der Waals surface area contributed by atoms with Crippen molar-refractivity contribution in [2.75, 3.05) is 19.8 Å². The van der Waals surface area contributed by atoms with Crippen LogP contribution in [0.3, 0.4) is 0 Å². The Balaban J connectivity index is 3.75. The van der Waals surface area contributed by atoms with E-state index in [0.717, 1.165) is 0 Å². The predicted molar refractivity (Wildman–Crippen MR) is 39.2 cm³/mol. The summed E-state index contributed by atoms with van der Waals surface area (Å²) < 4.78 is 0. The molecule has 6 heteroatoms. The molecule has 0 fully saturated rings. The van der Waals surface area contributed by atoms with Crippen LogP contribution in [-0.4, -0.2) is 58.3 Å². The molecular formula is C6H13NO5. The monoisotopic (exact) mass is 179 g/mol. The molecule has 0 aromatic rings. The lowest BCUT2D eigenvalue weighted by molar-refractivity contribution is -0.136. The first-order chi connectivity index (χ1) is 5.63. The molecule has 0 saturated carbocycles. The number of aliphatic hydroxyl groups is 4. The lowest BCUT2D eigenvalue weighted by atomic mass is 10.2. The van der Waals surface area contributed by atoms with Crippen LogP contribution in [0.2, 0.25) is 0 Å². The Bertz CT molecular complexity index is 140. The van der Waals surface area contributed by atoms with Gasteiger partial charge in [0.25, 0.3) is 5.91 Å². The molecule has 0 radical (unpaired) electrons. The molecule has 0 aromatic carbocycles. The molecule has 0 aromatic heterocycles. The van der Waals surface area contributed by atoms with Gasteiger partial charge in [-0.15, -0.1) is 0 Å². The molecule has 0 saturated heterocycles. The van der Waals surface area contributed by atoms with Crippen molar-refractivity contribution in [3.8, 4) is 0 Å². The van der Waals surface area contributed by atoms with Gasteiger partial charge in [-0.1, -0.05) is 0 Å². The Morgan fingerprint density at radius 3 is 2.33 bits per heavy atom. The summed E-state index contributed by atoms with van der Waals surface area (Å²) in [5.41, 5.74) is 0. The average Bonchev–Trinajstić information content (AvgIpc) is 2.11. The molecular weight excluding hydrogens is 166 g/mol. The van der Waals surface area contributed by atoms with E-state index in [-0.39, 0.29) is 13.2 Å². The average molecular weight is 179 g/mol. The van der Waals surface area contributed by atoms with Crippen molar-refractivity contribution >= 4 is 5.91 Å². The zero-order valence-electron chi connectivity index (χ0n) is 6.47. The number of amides is 1. The zero-order chi connectivity index (χ0) is 9.56. The summed E-state index contributed by atoms with van der Waals surface area (Å²) in [5.74, 6) is -0.814. The Morgan fingerprint density at radius 2 is 1.92 bits per heavy atom. The fourth-order valence-corrected chi connectivity index (χ4v) is 0.558. The smallest absolute Gasteiger partial charge is 0.251 e. The second-order valence-electron chi connectivity index (χ2n) is 2.21. The minimum absolute atomic E-state index is 0.00798. The molecule has 0 aliphatic rings. The molecule has 0 spiro atoms. The third-order valence-corrected chi connectivity index (χ3v) is 1.23. The van der Waals surface area contributed by atoms with Gasteiger partial charge in [-0.05, 0) is 0 Å². The standard InChI is InChI=1S/C6H13NO5/c8-2-1-7-6(12)5(11)4(10)3-9/h4-5,8-11H,1-3H2,(H,7,12). The maximum atomic E-state index is 10.8. The molecule has 0 aliphatic carbocycles. The topological polar surface area (TPSA) is 110 Å².